The molecule has 0 fully saturated rings. The fourth-order valence-electron chi connectivity index (χ4n) is 2.53. The maximum Gasteiger partial charge on any atom is 0.147 e. The summed E-state index contributed by atoms with van der Waals surface area (Å²) >= 11 is 0. The van der Waals surface area contributed by atoms with Crippen molar-refractivity contribution in [3.05, 3.63) is 47.2 Å². The Labute approximate surface area is 112 Å². The second kappa shape index (κ2) is 5.32. The second-order valence-electron chi connectivity index (χ2n) is 4.80. The van der Waals surface area contributed by atoms with Crippen LogP contribution in [-0.4, -0.2) is 15.0 Å². The topological polar surface area (TPSA) is 76.7 Å². The molecule has 2 aromatic rings. The minimum atomic E-state index is 0.713. The Balaban J connectivity index is 1.94. The van der Waals surface area contributed by atoms with Gasteiger partial charge in [-0.05, 0) is 43.4 Å². The van der Waals surface area contributed by atoms with E-state index in [0.29, 0.717) is 6.42 Å². The Kier molecular flexibility index (Phi) is 3.37. The molecule has 0 unspecified atom stereocenters. The van der Waals surface area contributed by atoms with E-state index in [2.05, 4.69) is 15.4 Å². The Morgan fingerprint density at radius 3 is 2.68 bits per heavy atom. The molecule has 2 aromatic heterocycles. The highest BCUT2D eigenvalue weighted by Gasteiger charge is 2.17. The van der Waals surface area contributed by atoms with Gasteiger partial charge in [0.1, 0.15) is 11.6 Å². The average molecular weight is 255 g/mol. The molecule has 0 atom stereocenters. The van der Waals surface area contributed by atoms with Crippen molar-refractivity contribution < 1.29 is 0 Å². The standard InChI is InChI=1S/C14H17N5/c15-19-14-11-3-1-2-4-12(11)17-13(18-14)9-10-5-7-16-8-6-10/h5-8H,1-4,9,15H2,(H,17,18,19). The molecule has 0 amide bonds. The molecule has 1 aliphatic rings. The number of nitrogens with two attached hydrogens (primary N) is 1. The van der Waals surface area contributed by atoms with E-state index in [0.717, 1.165) is 35.7 Å². The number of aromatic nitrogens is 3. The number of nitrogen functional groups attached to an aromatic ring is 1. The van der Waals surface area contributed by atoms with Crippen LogP contribution in [0.3, 0.4) is 0 Å². The number of aryl methyl sites for hydroxylation is 1. The predicted octanol–water partition coefficient (Wildman–Crippen LogP) is 1.63. The van der Waals surface area contributed by atoms with Gasteiger partial charge in [0.15, 0.2) is 0 Å². The molecule has 0 aromatic carbocycles. The molecule has 0 saturated heterocycles. The molecule has 3 rings (SSSR count). The Morgan fingerprint density at radius 2 is 1.89 bits per heavy atom. The van der Waals surface area contributed by atoms with Crippen LogP contribution in [0, 0.1) is 0 Å². The molecular formula is C14H17N5. The van der Waals surface area contributed by atoms with Gasteiger partial charge in [0.25, 0.3) is 0 Å². The number of pyridine rings is 1. The molecule has 1 aliphatic carbocycles. The maximum absolute atomic E-state index is 5.59. The maximum atomic E-state index is 5.59. The first-order valence-corrected chi connectivity index (χ1v) is 6.61. The van der Waals surface area contributed by atoms with Gasteiger partial charge in [0.2, 0.25) is 0 Å². The lowest BCUT2D eigenvalue weighted by atomic mass is 9.96. The lowest BCUT2D eigenvalue weighted by Crippen LogP contribution is -2.18. The van der Waals surface area contributed by atoms with Gasteiger partial charge in [0, 0.05) is 30.1 Å². The summed E-state index contributed by atoms with van der Waals surface area (Å²) in [5, 5.41) is 0. The van der Waals surface area contributed by atoms with Gasteiger partial charge in [-0.25, -0.2) is 15.8 Å². The average Bonchev–Trinajstić information content (AvgIpc) is 2.47. The summed E-state index contributed by atoms with van der Waals surface area (Å²) in [6.07, 6.45) is 8.72. The normalized spacial score (nSPS) is 13.9. The Hall–Kier alpha value is -2.01. The van der Waals surface area contributed by atoms with E-state index in [-0.39, 0.29) is 0 Å². The zero-order valence-electron chi connectivity index (χ0n) is 10.8. The van der Waals surface area contributed by atoms with Crippen LogP contribution in [-0.2, 0) is 19.3 Å². The number of hydrogen-bond donors (Lipinski definition) is 2. The molecule has 0 spiro atoms. The van der Waals surface area contributed by atoms with Gasteiger partial charge < -0.3 is 5.43 Å². The molecule has 2 heterocycles. The van der Waals surface area contributed by atoms with Crippen molar-refractivity contribution in [3.8, 4) is 0 Å². The minimum absolute atomic E-state index is 0.713. The SMILES string of the molecule is NNc1nc(Cc2ccncc2)nc2c1CCCC2. The highest BCUT2D eigenvalue weighted by molar-refractivity contribution is 5.47. The molecule has 0 saturated carbocycles. The van der Waals surface area contributed by atoms with E-state index in [1.54, 1.807) is 12.4 Å². The van der Waals surface area contributed by atoms with E-state index in [9.17, 15) is 0 Å². The van der Waals surface area contributed by atoms with Crippen LogP contribution < -0.4 is 11.3 Å². The molecule has 5 heteroatoms. The number of fused-ring (bicyclic) bond motifs is 1. The zero-order chi connectivity index (χ0) is 13.1. The van der Waals surface area contributed by atoms with Gasteiger partial charge in [-0.3, -0.25) is 4.98 Å². The van der Waals surface area contributed by atoms with E-state index in [1.807, 2.05) is 12.1 Å². The predicted molar refractivity (Wildman–Crippen MR) is 73.5 cm³/mol. The monoisotopic (exact) mass is 255 g/mol. The highest BCUT2D eigenvalue weighted by atomic mass is 15.3. The third kappa shape index (κ3) is 2.56. The van der Waals surface area contributed by atoms with Gasteiger partial charge in [-0.2, -0.15) is 0 Å². The van der Waals surface area contributed by atoms with Crippen molar-refractivity contribution in [1.82, 2.24) is 15.0 Å². The number of nitrogens with one attached hydrogen (secondary N) is 1. The molecule has 0 aliphatic heterocycles. The van der Waals surface area contributed by atoms with Crippen molar-refractivity contribution in [2.24, 2.45) is 5.84 Å². The number of hydrazine groups is 1. The molecule has 0 radical (unpaired) electrons. The summed E-state index contributed by atoms with van der Waals surface area (Å²) in [6, 6.07) is 3.97. The summed E-state index contributed by atoms with van der Waals surface area (Å²) in [4.78, 5) is 13.2. The van der Waals surface area contributed by atoms with Gasteiger partial charge >= 0.3 is 0 Å². The summed E-state index contributed by atoms with van der Waals surface area (Å²) in [7, 11) is 0. The van der Waals surface area contributed by atoms with Crippen LogP contribution in [0.25, 0.3) is 0 Å². The number of hydrogen-bond acceptors (Lipinski definition) is 5. The Morgan fingerprint density at radius 1 is 1.11 bits per heavy atom. The molecule has 98 valence electrons. The lowest BCUT2D eigenvalue weighted by molar-refractivity contribution is 0.657. The van der Waals surface area contributed by atoms with Crippen molar-refractivity contribution in [2.75, 3.05) is 5.43 Å². The van der Waals surface area contributed by atoms with E-state index < -0.39 is 0 Å². The summed E-state index contributed by atoms with van der Waals surface area (Å²) < 4.78 is 0. The molecule has 19 heavy (non-hydrogen) atoms. The second-order valence-corrected chi connectivity index (χ2v) is 4.80. The molecular weight excluding hydrogens is 238 g/mol. The zero-order valence-corrected chi connectivity index (χ0v) is 10.8. The van der Waals surface area contributed by atoms with Gasteiger partial charge in [-0.15, -0.1) is 0 Å². The van der Waals surface area contributed by atoms with E-state index >= 15 is 0 Å². The van der Waals surface area contributed by atoms with Crippen LogP contribution >= 0.6 is 0 Å². The third-order valence-corrected chi connectivity index (χ3v) is 3.48. The first-order chi connectivity index (χ1) is 9.36. The Bertz CT molecular complexity index is 550. The first-order valence-electron chi connectivity index (χ1n) is 6.61. The van der Waals surface area contributed by atoms with Crippen molar-refractivity contribution in [2.45, 2.75) is 32.1 Å². The largest absolute Gasteiger partial charge is 0.308 e. The van der Waals surface area contributed by atoms with Crippen molar-refractivity contribution in [1.29, 1.82) is 0 Å². The van der Waals surface area contributed by atoms with E-state index in [4.69, 9.17) is 10.8 Å². The summed E-state index contributed by atoms with van der Waals surface area (Å²) in [6.45, 7) is 0. The molecule has 5 nitrogen and oxygen atoms in total. The van der Waals surface area contributed by atoms with Gasteiger partial charge in [0.05, 0.1) is 0 Å². The smallest absolute Gasteiger partial charge is 0.147 e. The highest BCUT2D eigenvalue weighted by Crippen LogP contribution is 2.25. The first kappa shape index (κ1) is 12.0. The van der Waals surface area contributed by atoms with Crippen LogP contribution in [0.5, 0.6) is 0 Å². The number of nitrogens with zero attached hydrogens (tertiary/aromatic N) is 3. The molecule has 3 N–H and O–H groups in total. The van der Waals surface area contributed by atoms with Gasteiger partial charge in [-0.1, -0.05) is 0 Å². The van der Waals surface area contributed by atoms with Crippen LogP contribution in [0.1, 0.15) is 35.5 Å². The van der Waals surface area contributed by atoms with Crippen LogP contribution in [0.2, 0.25) is 0 Å². The van der Waals surface area contributed by atoms with Crippen LogP contribution in [0.4, 0.5) is 5.82 Å². The summed E-state index contributed by atoms with van der Waals surface area (Å²) in [5.41, 5.74) is 6.22. The van der Waals surface area contributed by atoms with Crippen molar-refractivity contribution >= 4 is 5.82 Å². The molecule has 0 bridgehead atoms. The minimum Gasteiger partial charge on any atom is -0.308 e. The lowest BCUT2D eigenvalue weighted by Gasteiger charge is -2.18. The quantitative estimate of drug-likeness (QED) is 0.644. The number of rotatable bonds is 3. The third-order valence-electron chi connectivity index (χ3n) is 3.48. The van der Waals surface area contributed by atoms with E-state index in [1.165, 1.54) is 18.4 Å². The van der Waals surface area contributed by atoms with Crippen LogP contribution in [0.15, 0.2) is 24.5 Å². The fraction of sp³-hybridized carbons (Fsp3) is 0.357. The fourth-order valence-corrected chi connectivity index (χ4v) is 2.53. The summed E-state index contributed by atoms with van der Waals surface area (Å²) in [5.74, 6) is 7.19. The number of anilines is 1. The van der Waals surface area contributed by atoms with Crippen molar-refractivity contribution in [3.63, 3.8) is 0 Å².